The van der Waals surface area contributed by atoms with Crippen LogP contribution in [0.25, 0.3) is 10.9 Å². The number of amides is 2. The summed E-state index contributed by atoms with van der Waals surface area (Å²) in [6.07, 6.45) is 1.64. The van der Waals surface area contributed by atoms with Crippen LogP contribution in [0.4, 0.5) is 10.5 Å². The zero-order valence-electron chi connectivity index (χ0n) is 8.32. The molecule has 0 unspecified atom stereocenters. The highest BCUT2D eigenvalue weighted by molar-refractivity contribution is 5.91. The van der Waals surface area contributed by atoms with Crippen LogP contribution in [0.2, 0.25) is 0 Å². The van der Waals surface area contributed by atoms with E-state index in [1.807, 2.05) is 30.3 Å². The van der Waals surface area contributed by atoms with Crippen LogP contribution in [-0.4, -0.2) is 18.1 Å². The van der Waals surface area contributed by atoms with Crippen LogP contribution in [0.15, 0.2) is 36.5 Å². The number of benzene rings is 1. The molecule has 0 aliphatic heterocycles. The molecule has 4 nitrogen and oxygen atoms in total. The van der Waals surface area contributed by atoms with Gasteiger partial charge in [-0.05, 0) is 12.1 Å². The number of carbonyl (C=O) groups is 1. The second-order valence-electron chi connectivity index (χ2n) is 3.12. The molecule has 1 aromatic heterocycles. The van der Waals surface area contributed by atoms with Gasteiger partial charge >= 0.3 is 6.03 Å². The zero-order valence-corrected chi connectivity index (χ0v) is 8.32. The summed E-state index contributed by atoms with van der Waals surface area (Å²) >= 11 is 0. The van der Waals surface area contributed by atoms with Crippen molar-refractivity contribution in [1.29, 1.82) is 0 Å². The zero-order chi connectivity index (χ0) is 10.7. The molecule has 1 aromatic carbocycles. The largest absolute Gasteiger partial charge is 0.341 e. The topological polar surface area (TPSA) is 54.0 Å². The summed E-state index contributed by atoms with van der Waals surface area (Å²) in [5, 5.41) is 6.16. The Morgan fingerprint density at radius 3 is 2.93 bits per heavy atom. The van der Waals surface area contributed by atoms with E-state index in [4.69, 9.17) is 0 Å². The smallest absolute Gasteiger partial charge is 0.319 e. The molecule has 0 saturated heterocycles. The van der Waals surface area contributed by atoms with Gasteiger partial charge in [0, 0.05) is 12.4 Å². The molecule has 4 heteroatoms. The lowest BCUT2D eigenvalue weighted by molar-refractivity contribution is 0.254. The summed E-state index contributed by atoms with van der Waals surface area (Å²) in [5.74, 6) is 0. The maximum absolute atomic E-state index is 11.1. The predicted molar refractivity (Wildman–Crippen MR) is 59.8 cm³/mol. The molecule has 0 fully saturated rings. The SMILES string of the molecule is CNC(=O)Nc1cnc2ccccc2c1. The van der Waals surface area contributed by atoms with Crippen molar-refractivity contribution >= 4 is 22.6 Å². The lowest BCUT2D eigenvalue weighted by atomic mass is 10.2. The van der Waals surface area contributed by atoms with E-state index in [-0.39, 0.29) is 6.03 Å². The van der Waals surface area contributed by atoms with Gasteiger partial charge < -0.3 is 10.6 Å². The first-order valence-corrected chi connectivity index (χ1v) is 4.63. The minimum absolute atomic E-state index is 0.243. The number of para-hydroxylation sites is 1. The molecule has 0 aliphatic carbocycles. The van der Waals surface area contributed by atoms with Gasteiger partial charge in [-0.1, -0.05) is 18.2 Å². The Labute approximate surface area is 87.3 Å². The summed E-state index contributed by atoms with van der Waals surface area (Å²) in [6.45, 7) is 0. The van der Waals surface area contributed by atoms with E-state index < -0.39 is 0 Å². The Kier molecular flexibility index (Phi) is 2.49. The molecule has 15 heavy (non-hydrogen) atoms. The van der Waals surface area contributed by atoms with Crippen LogP contribution in [0, 0.1) is 0 Å². The third kappa shape index (κ3) is 2.04. The lowest BCUT2D eigenvalue weighted by Crippen LogP contribution is -2.24. The minimum Gasteiger partial charge on any atom is -0.341 e. The number of aromatic nitrogens is 1. The Bertz CT molecular complexity index is 496. The van der Waals surface area contributed by atoms with Crippen molar-refractivity contribution in [3.05, 3.63) is 36.5 Å². The van der Waals surface area contributed by atoms with Gasteiger partial charge in [0.05, 0.1) is 17.4 Å². The van der Waals surface area contributed by atoms with E-state index in [0.717, 1.165) is 10.9 Å². The minimum atomic E-state index is -0.243. The Morgan fingerprint density at radius 2 is 2.13 bits per heavy atom. The Morgan fingerprint density at radius 1 is 1.33 bits per heavy atom. The summed E-state index contributed by atoms with van der Waals surface area (Å²) < 4.78 is 0. The third-order valence-electron chi connectivity index (χ3n) is 2.08. The highest BCUT2D eigenvalue weighted by atomic mass is 16.2. The molecular weight excluding hydrogens is 190 g/mol. The second-order valence-corrected chi connectivity index (χ2v) is 3.12. The van der Waals surface area contributed by atoms with Crippen molar-refractivity contribution in [1.82, 2.24) is 10.3 Å². The molecule has 0 saturated carbocycles. The van der Waals surface area contributed by atoms with Crippen LogP contribution in [-0.2, 0) is 0 Å². The van der Waals surface area contributed by atoms with Crippen molar-refractivity contribution in [2.45, 2.75) is 0 Å². The Balaban J connectivity index is 2.34. The monoisotopic (exact) mass is 201 g/mol. The molecule has 0 radical (unpaired) electrons. The number of hydrogen-bond donors (Lipinski definition) is 2. The summed E-state index contributed by atoms with van der Waals surface area (Å²) in [4.78, 5) is 15.3. The summed E-state index contributed by atoms with van der Waals surface area (Å²) in [5.41, 5.74) is 1.60. The van der Waals surface area contributed by atoms with E-state index in [1.165, 1.54) is 0 Å². The van der Waals surface area contributed by atoms with Crippen LogP contribution < -0.4 is 10.6 Å². The van der Waals surface area contributed by atoms with Crippen molar-refractivity contribution in [3.8, 4) is 0 Å². The molecule has 0 bridgehead atoms. The van der Waals surface area contributed by atoms with E-state index in [0.29, 0.717) is 5.69 Å². The van der Waals surface area contributed by atoms with Crippen LogP contribution in [0.1, 0.15) is 0 Å². The first kappa shape index (κ1) is 9.45. The molecule has 0 spiro atoms. The van der Waals surface area contributed by atoms with Crippen molar-refractivity contribution in [2.75, 3.05) is 12.4 Å². The standard InChI is InChI=1S/C11H11N3O/c1-12-11(15)14-9-6-8-4-2-3-5-10(8)13-7-9/h2-7H,1H3,(H2,12,14,15). The summed E-state index contributed by atoms with van der Waals surface area (Å²) in [6, 6.07) is 9.40. The van der Waals surface area contributed by atoms with Crippen molar-refractivity contribution in [2.24, 2.45) is 0 Å². The van der Waals surface area contributed by atoms with E-state index in [9.17, 15) is 4.79 Å². The average molecular weight is 201 g/mol. The number of anilines is 1. The number of pyridine rings is 1. The number of carbonyl (C=O) groups excluding carboxylic acids is 1. The van der Waals surface area contributed by atoms with Crippen LogP contribution in [0.5, 0.6) is 0 Å². The number of hydrogen-bond acceptors (Lipinski definition) is 2. The number of nitrogens with zero attached hydrogens (tertiary/aromatic N) is 1. The average Bonchev–Trinajstić information content (AvgIpc) is 2.29. The quantitative estimate of drug-likeness (QED) is 0.741. The molecule has 2 N–H and O–H groups in total. The van der Waals surface area contributed by atoms with Crippen LogP contribution >= 0.6 is 0 Å². The van der Waals surface area contributed by atoms with Gasteiger partial charge in [-0.3, -0.25) is 4.98 Å². The van der Waals surface area contributed by atoms with Gasteiger partial charge in [0.25, 0.3) is 0 Å². The third-order valence-corrected chi connectivity index (χ3v) is 2.08. The number of rotatable bonds is 1. The second kappa shape index (κ2) is 3.96. The normalized spacial score (nSPS) is 9.93. The highest BCUT2D eigenvalue weighted by Crippen LogP contribution is 2.15. The Hall–Kier alpha value is -2.10. The van der Waals surface area contributed by atoms with Gasteiger partial charge in [-0.15, -0.1) is 0 Å². The molecule has 2 amide bonds. The van der Waals surface area contributed by atoms with E-state index in [2.05, 4.69) is 15.6 Å². The molecular formula is C11H11N3O. The first-order chi connectivity index (χ1) is 7.29. The molecule has 0 atom stereocenters. The van der Waals surface area contributed by atoms with Gasteiger partial charge in [0.2, 0.25) is 0 Å². The fourth-order valence-electron chi connectivity index (χ4n) is 1.33. The maximum atomic E-state index is 11.1. The van der Waals surface area contributed by atoms with Gasteiger partial charge in [-0.2, -0.15) is 0 Å². The molecule has 2 aromatic rings. The van der Waals surface area contributed by atoms with Crippen molar-refractivity contribution < 1.29 is 4.79 Å². The fraction of sp³-hybridized carbons (Fsp3) is 0.0909. The maximum Gasteiger partial charge on any atom is 0.319 e. The molecule has 0 aliphatic rings. The highest BCUT2D eigenvalue weighted by Gasteiger charge is 2.00. The van der Waals surface area contributed by atoms with E-state index in [1.54, 1.807) is 13.2 Å². The van der Waals surface area contributed by atoms with Gasteiger partial charge in [0.1, 0.15) is 0 Å². The number of fused-ring (bicyclic) bond motifs is 1. The fourth-order valence-corrected chi connectivity index (χ4v) is 1.33. The number of nitrogens with one attached hydrogen (secondary N) is 2. The van der Waals surface area contributed by atoms with Gasteiger partial charge in [0.15, 0.2) is 0 Å². The molecule has 1 heterocycles. The summed E-state index contributed by atoms with van der Waals surface area (Å²) in [7, 11) is 1.57. The first-order valence-electron chi connectivity index (χ1n) is 4.63. The molecule has 2 rings (SSSR count). The van der Waals surface area contributed by atoms with Crippen LogP contribution in [0.3, 0.4) is 0 Å². The van der Waals surface area contributed by atoms with Crippen molar-refractivity contribution in [3.63, 3.8) is 0 Å². The predicted octanol–water partition coefficient (Wildman–Crippen LogP) is 1.99. The number of urea groups is 1. The van der Waals surface area contributed by atoms with Gasteiger partial charge in [-0.25, -0.2) is 4.79 Å². The lowest BCUT2D eigenvalue weighted by Gasteiger charge is -2.04. The molecule has 76 valence electrons. The van der Waals surface area contributed by atoms with E-state index >= 15 is 0 Å².